The van der Waals surface area contributed by atoms with Crippen molar-refractivity contribution < 1.29 is 9.59 Å². The first-order valence-electron chi connectivity index (χ1n) is 6.79. The zero-order valence-corrected chi connectivity index (χ0v) is 11.6. The highest BCUT2D eigenvalue weighted by Crippen LogP contribution is 2.26. The van der Waals surface area contributed by atoms with Crippen molar-refractivity contribution in [3.8, 4) is 0 Å². The fraction of sp³-hybridized carbons (Fsp3) is 0.667. The van der Waals surface area contributed by atoms with Crippen LogP contribution in [0.4, 0.5) is 0 Å². The summed E-state index contributed by atoms with van der Waals surface area (Å²) in [6.07, 6.45) is 3.84. The average molecular weight is 280 g/mol. The topological polar surface area (TPSA) is 106 Å². The fourth-order valence-corrected chi connectivity index (χ4v) is 2.01. The van der Waals surface area contributed by atoms with Gasteiger partial charge in [0.25, 0.3) is 0 Å². The van der Waals surface area contributed by atoms with Crippen molar-refractivity contribution in [2.75, 3.05) is 13.1 Å². The van der Waals surface area contributed by atoms with E-state index in [1.54, 1.807) is 6.20 Å². The van der Waals surface area contributed by atoms with Crippen molar-refractivity contribution in [2.24, 2.45) is 5.73 Å². The van der Waals surface area contributed by atoms with Gasteiger partial charge in [0.1, 0.15) is 12.2 Å². The van der Waals surface area contributed by atoms with Crippen molar-refractivity contribution in [2.45, 2.75) is 38.9 Å². The molecular weight excluding hydrogens is 260 g/mol. The number of amides is 2. The Morgan fingerprint density at radius 2 is 2.30 bits per heavy atom. The van der Waals surface area contributed by atoms with Crippen LogP contribution in [0.3, 0.4) is 0 Å². The van der Waals surface area contributed by atoms with Gasteiger partial charge in [-0.25, -0.2) is 4.68 Å². The number of hydrogen-bond acceptors (Lipinski definition) is 5. The summed E-state index contributed by atoms with van der Waals surface area (Å²) in [6.45, 7) is 3.09. The van der Waals surface area contributed by atoms with Crippen LogP contribution < -0.4 is 11.1 Å². The molecule has 1 aromatic heterocycles. The van der Waals surface area contributed by atoms with E-state index < -0.39 is 0 Å². The molecule has 1 saturated carbocycles. The third-order valence-corrected chi connectivity index (χ3v) is 3.18. The maximum Gasteiger partial charge on any atom is 0.244 e. The third kappa shape index (κ3) is 3.77. The number of carbonyl (C=O) groups excluding carboxylic acids is 2. The Balaban J connectivity index is 1.85. The molecule has 1 aliphatic rings. The molecule has 0 aromatic carbocycles. The molecule has 1 aromatic rings. The third-order valence-electron chi connectivity index (χ3n) is 3.18. The quantitative estimate of drug-likeness (QED) is 0.657. The minimum absolute atomic E-state index is 0.0532. The molecule has 2 amide bonds. The van der Waals surface area contributed by atoms with Crippen LogP contribution in [0.25, 0.3) is 0 Å². The Bertz CT molecular complexity index is 482. The van der Waals surface area contributed by atoms with Gasteiger partial charge < -0.3 is 16.0 Å². The van der Waals surface area contributed by atoms with Gasteiger partial charge >= 0.3 is 0 Å². The number of aromatic nitrogens is 3. The number of rotatable bonds is 7. The van der Waals surface area contributed by atoms with Crippen LogP contribution >= 0.6 is 0 Å². The van der Waals surface area contributed by atoms with Crippen LogP contribution in [0.2, 0.25) is 0 Å². The highest BCUT2D eigenvalue weighted by Gasteiger charge is 2.31. The fourth-order valence-electron chi connectivity index (χ4n) is 2.01. The molecule has 0 atom stereocenters. The molecule has 1 aliphatic carbocycles. The van der Waals surface area contributed by atoms with E-state index in [1.165, 1.54) is 4.68 Å². The number of nitrogens with two attached hydrogens (primary N) is 1. The van der Waals surface area contributed by atoms with Gasteiger partial charge in [0, 0.05) is 12.6 Å². The molecule has 0 aliphatic heterocycles. The summed E-state index contributed by atoms with van der Waals surface area (Å²) in [6, 6.07) is 0.402. The summed E-state index contributed by atoms with van der Waals surface area (Å²) in [4.78, 5) is 25.0. The van der Waals surface area contributed by atoms with Crippen LogP contribution in [-0.4, -0.2) is 50.8 Å². The number of carbonyl (C=O) groups is 2. The van der Waals surface area contributed by atoms with Gasteiger partial charge in [-0.3, -0.25) is 9.59 Å². The predicted molar refractivity (Wildman–Crippen MR) is 71.3 cm³/mol. The largest absolute Gasteiger partial charge is 0.349 e. The van der Waals surface area contributed by atoms with Crippen molar-refractivity contribution >= 4 is 11.8 Å². The lowest BCUT2D eigenvalue weighted by atomic mass is 10.4. The van der Waals surface area contributed by atoms with Crippen LogP contribution in [0.5, 0.6) is 0 Å². The van der Waals surface area contributed by atoms with Gasteiger partial charge in [0.2, 0.25) is 11.8 Å². The standard InChI is InChI=1S/C12H20N6O2/c1-2-18(10-3-4-10)12(20)8-17-7-9(15-16-17)6-14-11(19)5-13/h7,10H,2-6,8,13H2,1H3,(H,14,19). The van der Waals surface area contributed by atoms with Gasteiger partial charge in [-0.2, -0.15) is 0 Å². The summed E-state index contributed by atoms with van der Waals surface area (Å²) in [7, 11) is 0. The van der Waals surface area contributed by atoms with Crippen LogP contribution in [0, 0.1) is 0 Å². The lowest BCUT2D eigenvalue weighted by Gasteiger charge is -2.19. The molecule has 20 heavy (non-hydrogen) atoms. The monoisotopic (exact) mass is 280 g/mol. The molecule has 0 bridgehead atoms. The molecule has 8 nitrogen and oxygen atoms in total. The van der Waals surface area contributed by atoms with E-state index in [9.17, 15) is 9.59 Å². The summed E-state index contributed by atoms with van der Waals surface area (Å²) in [5.41, 5.74) is 5.79. The lowest BCUT2D eigenvalue weighted by Crippen LogP contribution is -2.35. The van der Waals surface area contributed by atoms with Crippen LogP contribution in [0.15, 0.2) is 6.20 Å². The van der Waals surface area contributed by atoms with Gasteiger partial charge in [-0.15, -0.1) is 5.10 Å². The second-order valence-corrected chi connectivity index (χ2v) is 4.80. The zero-order valence-electron chi connectivity index (χ0n) is 11.6. The minimum Gasteiger partial charge on any atom is -0.349 e. The zero-order chi connectivity index (χ0) is 14.5. The van der Waals surface area contributed by atoms with Crippen LogP contribution in [0.1, 0.15) is 25.5 Å². The molecule has 8 heteroatoms. The Morgan fingerprint density at radius 3 is 2.90 bits per heavy atom. The number of hydrogen-bond donors (Lipinski definition) is 2. The van der Waals surface area contributed by atoms with Gasteiger partial charge in [0.05, 0.1) is 19.3 Å². The molecule has 1 heterocycles. The SMILES string of the molecule is CCN(C(=O)Cn1cc(CNC(=O)CN)nn1)C1CC1. The molecule has 3 N–H and O–H groups in total. The smallest absolute Gasteiger partial charge is 0.244 e. The molecular formula is C12H20N6O2. The van der Waals surface area contributed by atoms with Gasteiger partial charge in [-0.1, -0.05) is 5.21 Å². The highest BCUT2D eigenvalue weighted by molar-refractivity contribution is 5.77. The molecule has 0 unspecified atom stereocenters. The van der Waals surface area contributed by atoms with E-state index in [0.717, 1.165) is 19.4 Å². The highest BCUT2D eigenvalue weighted by atomic mass is 16.2. The Labute approximate surface area is 117 Å². The van der Waals surface area contributed by atoms with Gasteiger partial charge in [-0.05, 0) is 19.8 Å². The first kappa shape index (κ1) is 14.4. The van der Waals surface area contributed by atoms with E-state index in [-0.39, 0.29) is 31.4 Å². The maximum atomic E-state index is 12.1. The summed E-state index contributed by atoms with van der Waals surface area (Å²) < 4.78 is 1.50. The van der Waals surface area contributed by atoms with E-state index in [2.05, 4.69) is 15.6 Å². The molecule has 110 valence electrons. The van der Waals surface area contributed by atoms with Crippen LogP contribution in [-0.2, 0) is 22.7 Å². The molecule has 0 radical (unpaired) electrons. The maximum absolute atomic E-state index is 12.1. The number of nitrogens with one attached hydrogen (secondary N) is 1. The molecule has 1 fully saturated rings. The van der Waals surface area contributed by atoms with E-state index in [1.807, 2.05) is 11.8 Å². The normalized spacial score (nSPS) is 14.1. The molecule has 2 rings (SSSR count). The predicted octanol–water partition coefficient (Wildman–Crippen LogP) is -1.14. The number of nitrogens with zero attached hydrogens (tertiary/aromatic N) is 4. The minimum atomic E-state index is -0.249. The van der Waals surface area contributed by atoms with Crippen molar-refractivity contribution in [1.82, 2.24) is 25.2 Å². The number of likely N-dealkylation sites (N-methyl/N-ethyl adjacent to an activating group) is 1. The Hall–Kier alpha value is -1.96. The second-order valence-electron chi connectivity index (χ2n) is 4.80. The molecule has 0 spiro atoms. The molecule has 0 saturated heterocycles. The van der Waals surface area contributed by atoms with Crippen molar-refractivity contribution in [3.63, 3.8) is 0 Å². The van der Waals surface area contributed by atoms with E-state index in [4.69, 9.17) is 5.73 Å². The van der Waals surface area contributed by atoms with E-state index in [0.29, 0.717) is 11.7 Å². The Morgan fingerprint density at radius 1 is 1.55 bits per heavy atom. The first-order chi connectivity index (χ1) is 9.63. The summed E-state index contributed by atoms with van der Waals surface area (Å²) in [5, 5.41) is 10.4. The second kappa shape index (κ2) is 6.47. The first-order valence-corrected chi connectivity index (χ1v) is 6.79. The van der Waals surface area contributed by atoms with Gasteiger partial charge in [0.15, 0.2) is 0 Å². The summed E-state index contributed by atoms with van der Waals surface area (Å²) >= 11 is 0. The van der Waals surface area contributed by atoms with Crippen molar-refractivity contribution in [3.05, 3.63) is 11.9 Å². The summed E-state index contributed by atoms with van der Waals surface area (Å²) in [5.74, 6) is -0.195. The van der Waals surface area contributed by atoms with E-state index >= 15 is 0 Å². The Kier molecular flexibility index (Phi) is 4.67. The average Bonchev–Trinajstić information content (AvgIpc) is 3.17. The van der Waals surface area contributed by atoms with Crippen molar-refractivity contribution in [1.29, 1.82) is 0 Å². The lowest BCUT2D eigenvalue weighted by molar-refractivity contribution is -0.132.